The lowest BCUT2D eigenvalue weighted by molar-refractivity contribution is -0.137. The van der Waals surface area contributed by atoms with Gasteiger partial charge in [-0.3, -0.25) is 19.4 Å². The number of carbonyl (C=O) groups excluding carboxylic acids is 2. The second-order valence-electron chi connectivity index (χ2n) is 7.54. The van der Waals surface area contributed by atoms with E-state index in [0.29, 0.717) is 31.9 Å². The lowest BCUT2D eigenvalue weighted by atomic mass is 10.1. The zero-order valence-corrected chi connectivity index (χ0v) is 17.7. The molecule has 2 amide bonds. The number of aromatic amines is 1. The Kier molecular flexibility index (Phi) is 6.13. The summed E-state index contributed by atoms with van der Waals surface area (Å²) in [5.74, 6) is -0.408. The Morgan fingerprint density at radius 2 is 2.03 bits per heavy atom. The number of aromatic nitrogens is 4. The summed E-state index contributed by atoms with van der Waals surface area (Å²) in [6, 6.07) is 11.6. The van der Waals surface area contributed by atoms with E-state index in [4.69, 9.17) is 4.74 Å². The van der Waals surface area contributed by atoms with Crippen LogP contribution in [0.2, 0.25) is 0 Å². The van der Waals surface area contributed by atoms with Crippen LogP contribution in [-0.2, 0) is 16.1 Å². The highest BCUT2D eigenvalue weighted by Gasteiger charge is 2.31. The monoisotopic (exact) mass is 422 g/mol. The van der Waals surface area contributed by atoms with Crippen LogP contribution in [0.5, 0.6) is 0 Å². The van der Waals surface area contributed by atoms with Crippen LogP contribution in [0, 0.1) is 13.8 Å². The van der Waals surface area contributed by atoms with Crippen molar-refractivity contribution in [2.24, 2.45) is 0 Å². The first-order valence-electron chi connectivity index (χ1n) is 10.3. The molecule has 3 aromatic rings. The number of H-pyrrole nitrogens is 1. The summed E-state index contributed by atoms with van der Waals surface area (Å²) in [5, 5.41) is 14.3. The predicted molar refractivity (Wildman–Crippen MR) is 114 cm³/mol. The van der Waals surface area contributed by atoms with Crippen molar-refractivity contribution in [1.82, 2.24) is 30.2 Å². The van der Waals surface area contributed by atoms with Gasteiger partial charge >= 0.3 is 0 Å². The summed E-state index contributed by atoms with van der Waals surface area (Å²) >= 11 is 0. The van der Waals surface area contributed by atoms with Crippen molar-refractivity contribution in [2.45, 2.75) is 26.5 Å². The molecule has 1 unspecified atom stereocenters. The quantitative estimate of drug-likeness (QED) is 0.627. The van der Waals surface area contributed by atoms with Crippen LogP contribution >= 0.6 is 0 Å². The molecular formula is C22H26N6O3. The van der Waals surface area contributed by atoms with Gasteiger partial charge in [0, 0.05) is 36.1 Å². The van der Waals surface area contributed by atoms with Crippen LogP contribution in [0.25, 0.3) is 11.3 Å². The summed E-state index contributed by atoms with van der Waals surface area (Å²) in [5.41, 5.74) is 3.96. The number of nitrogens with one attached hydrogen (secondary N) is 2. The Balaban J connectivity index is 1.37. The Morgan fingerprint density at radius 1 is 1.23 bits per heavy atom. The van der Waals surface area contributed by atoms with Crippen molar-refractivity contribution >= 4 is 11.8 Å². The third kappa shape index (κ3) is 4.51. The fourth-order valence-electron chi connectivity index (χ4n) is 3.67. The Hall–Kier alpha value is -3.46. The molecule has 1 atom stereocenters. The van der Waals surface area contributed by atoms with Gasteiger partial charge in [0.25, 0.3) is 11.8 Å². The molecule has 0 saturated carbocycles. The number of hydrogen-bond donors (Lipinski definition) is 2. The minimum Gasteiger partial charge on any atom is -0.365 e. The number of rotatable bonds is 6. The zero-order valence-electron chi connectivity index (χ0n) is 17.7. The highest BCUT2D eigenvalue weighted by Crippen LogP contribution is 2.24. The van der Waals surface area contributed by atoms with Crippen molar-refractivity contribution in [3.63, 3.8) is 0 Å². The predicted octanol–water partition coefficient (Wildman–Crippen LogP) is 1.55. The molecule has 1 fully saturated rings. The van der Waals surface area contributed by atoms with E-state index in [0.717, 1.165) is 22.5 Å². The van der Waals surface area contributed by atoms with Gasteiger partial charge in [-0.1, -0.05) is 30.3 Å². The van der Waals surface area contributed by atoms with Gasteiger partial charge in [-0.15, -0.1) is 0 Å². The number of morpholine rings is 1. The molecule has 0 bridgehead atoms. The molecule has 31 heavy (non-hydrogen) atoms. The molecule has 1 aromatic carbocycles. The summed E-state index contributed by atoms with van der Waals surface area (Å²) in [6.07, 6.45) is 1.03. The number of amides is 2. The minimum atomic E-state index is -0.701. The van der Waals surface area contributed by atoms with Crippen molar-refractivity contribution in [3.05, 3.63) is 59.5 Å². The Morgan fingerprint density at radius 3 is 2.77 bits per heavy atom. The van der Waals surface area contributed by atoms with Crippen LogP contribution in [-0.4, -0.2) is 69.0 Å². The van der Waals surface area contributed by atoms with Gasteiger partial charge in [-0.05, 0) is 19.9 Å². The minimum absolute atomic E-state index is 0.180. The van der Waals surface area contributed by atoms with E-state index in [-0.39, 0.29) is 18.4 Å². The fraction of sp³-hybridized carbons (Fsp3) is 0.364. The van der Waals surface area contributed by atoms with Crippen molar-refractivity contribution < 1.29 is 14.3 Å². The Labute approximate surface area is 180 Å². The number of nitrogens with zero attached hydrogens (tertiary/aromatic N) is 4. The van der Waals surface area contributed by atoms with E-state index in [1.165, 1.54) is 0 Å². The SMILES string of the molecule is Cc1c(-c2ccccc2)n[nH]c1C(=O)N1CCOC(C(=O)NCCn2nccc2C)C1. The van der Waals surface area contributed by atoms with Crippen LogP contribution < -0.4 is 5.32 Å². The molecule has 1 aliphatic rings. The van der Waals surface area contributed by atoms with Crippen LogP contribution in [0.3, 0.4) is 0 Å². The molecule has 0 aliphatic carbocycles. The molecule has 162 valence electrons. The largest absolute Gasteiger partial charge is 0.365 e. The molecule has 4 rings (SSSR count). The fourth-order valence-corrected chi connectivity index (χ4v) is 3.67. The number of benzene rings is 1. The summed E-state index contributed by atoms with van der Waals surface area (Å²) in [6.45, 7) is 5.79. The average molecular weight is 422 g/mol. The second-order valence-corrected chi connectivity index (χ2v) is 7.54. The maximum absolute atomic E-state index is 13.1. The number of carbonyl (C=O) groups is 2. The second kappa shape index (κ2) is 9.13. The van der Waals surface area contributed by atoms with Gasteiger partial charge < -0.3 is 15.0 Å². The topological polar surface area (TPSA) is 105 Å². The van der Waals surface area contributed by atoms with E-state index in [1.807, 2.05) is 54.9 Å². The van der Waals surface area contributed by atoms with Crippen molar-refractivity contribution in [3.8, 4) is 11.3 Å². The first-order chi connectivity index (χ1) is 15.0. The van der Waals surface area contributed by atoms with Gasteiger partial charge in [0.2, 0.25) is 0 Å². The van der Waals surface area contributed by atoms with Crippen molar-refractivity contribution in [2.75, 3.05) is 26.2 Å². The van der Waals surface area contributed by atoms with Crippen LogP contribution in [0.15, 0.2) is 42.6 Å². The zero-order chi connectivity index (χ0) is 21.8. The van der Waals surface area contributed by atoms with Crippen LogP contribution in [0.4, 0.5) is 0 Å². The number of hydrogen-bond acceptors (Lipinski definition) is 5. The Bertz CT molecular complexity index is 1060. The van der Waals surface area contributed by atoms with E-state index in [2.05, 4.69) is 20.6 Å². The third-order valence-electron chi connectivity index (χ3n) is 5.47. The van der Waals surface area contributed by atoms with E-state index >= 15 is 0 Å². The van der Waals surface area contributed by atoms with Gasteiger partial charge in [0.1, 0.15) is 5.69 Å². The lowest BCUT2D eigenvalue weighted by Gasteiger charge is -2.32. The molecule has 1 aliphatic heterocycles. The maximum atomic E-state index is 13.1. The number of aryl methyl sites for hydroxylation is 1. The molecule has 0 spiro atoms. The average Bonchev–Trinajstić information content (AvgIpc) is 3.39. The summed E-state index contributed by atoms with van der Waals surface area (Å²) < 4.78 is 7.44. The standard InChI is InChI=1S/C22H26N6O3/c1-15-8-9-24-28(15)11-10-23-21(29)18-14-27(12-13-31-18)22(30)20-16(2)19(25-26-20)17-6-4-3-5-7-17/h3-9,18H,10-14H2,1-2H3,(H,23,29)(H,25,26). The van der Waals surface area contributed by atoms with Crippen LogP contribution in [0.1, 0.15) is 21.7 Å². The smallest absolute Gasteiger partial charge is 0.272 e. The van der Waals surface area contributed by atoms with Gasteiger partial charge in [0.05, 0.1) is 25.4 Å². The summed E-state index contributed by atoms with van der Waals surface area (Å²) in [7, 11) is 0. The highest BCUT2D eigenvalue weighted by molar-refractivity contribution is 5.96. The molecule has 1 saturated heterocycles. The molecule has 2 aromatic heterocycles. The first-order valence-corrected chi connectivity index (χ1v) is 10.3. The summed E-state index contributed by atoms with van der Waals surface area (Å²) in [4.78, 5) is 27.3. The van der Waals surface area contributed by atoms with E-state index in [1.54, 1.807) is 11.1 Å². The molecule has 9 nitrogen and oxygen atoms in total. The normalized spacial score (nSPS) is 16.3. The third-order valence-corrected chi connectivity index (χ3v) is 5.47. The highest BCUT2D eigenvalue weighted by atomic mass is 16.5. The van der Waals surface area contributed by atoms with E-state index < -0.39 is 6.10 Å². The van der Waals surface area contributed by atoms with Gasteiger partial charge in [-0.2, -0.15) is 10.2 Å². The molecule has 2 N–H and O–H groups in total. The molecular weight excluding hydrogens is 396 g/mol. The molecule has 9 heteroatoms. The number of ether oxygens (including phenoxy) is 1. The van der Waals surface area contributed by atoms with Gasteiger partial charge in [0.15, 0.2) is 6.10 Å². The van der Waals surface area contributed by atoms with Gasteiger partial charge in [-0.25, -0.2) is 0 Å². The van der Waals surface area contributed by atoms with Crippen molar-refractivity contribution in [1.29, 1.82) is 0 Å². The maximum Gasteiger partial charge on any atom is 0.272 e. The first kappa shape index (κ1) is 20.8. The van der Waals surface area contributed by atoms with E-state index in [9.17, 15) is 9.59 Å². The molecule has 0 radical (unpaired) electrons. The lowest BCUT2D eigenvalue weighted by Crippen LogP contribution is -2.52. The molecule has 3 heterocycles.